The molecule has 3 aromatic rings. The highest BCUT2D eigenvalue weighted by Crippen LogP contribution is 2.37. The van der Waals surface area contributed by atoms with Gasteiger partial charge in [0.2, 0.25) is 0 Å². The largest absolute Gasteiger partial charge is 0.488 e. The highest BCUT2D eigenvalue weighted by molar-refractivity contribution is 9.11. The Morgan fingerprint density at radius 3 is 2.94 bits per heavy atom. The van der Waals surface area contributed by atoms with Crippen LogP contribution in [0.1, 0.15) is 37.4 Å². The Balaban J connectivity index is 1.52. The zero-order chi connectivity index (χ0) is 23.7. The summed E-state index contributed by atoms with van der Waals surface area (Å²) in [7, 11) is 0. The molecule has 0 fully saturated rings. The van der Waals surface area contributed by atoms with Crippen molar-refractivity contribution in [1.29, 1.82) is 0 Å². The van der Waals surface area contributed by atoms with Crippen LogP contribution < -0.4 is 20.6 Å². The maximum absolute atomic E-state index is 6.75. The van der Waals surface area contributed by atoms with E-state index in [4.69, 9.17) is 16.3 Å². The standard InChI is InChI=1S/C27H28Br2ClN3O/c1-2-17-7-8-25-20(15-23(17)30)18-9-12-31-10-4-6-24(18)33(25)13-14-34-27-22(29)16-21(28)19-5-3-11-32-26(19)27/h3,5,8,11,15-16,31H,2,4,6-7,9-10,12-14H2,1H3. The van der Waals surface area contributed by atoms with Crippen molar-refractivity contribution in [2.45, 2.75) is 45.6 Å². The van der Waals surface area contributed by atoms with E-state index in [1.54, 1.807) is 0 Å². The van der Waals surface area contributed by atoms with Gasteiger partial charge in [0.05, 0.1) is 11.0 Å². The molecule has 2 aliphatic rings. The molecule has 0 saturated carbocycles. The minimum Gasteiger partial charge on any atom is -0.488 e. The number of allylic oxidation sites excluding steroid dienone is 2. The number of nitrogens with one attached hydrogen (secondary N) is 1. The fourth-order valence-electron chi connectivity index (χ4n) is 5.07. The highest BCUT2D eigenvalue weighted by atomic mass is 79.9. The summed E-state index contributed by atoms with van der Waals surface area (Å²) >= 11 is 14.1. The van der Waals surface area contributed by atoms with Gasteiger partial charge in [0, 0.05) is 37.3 Å². The number of ether oxygens (including phenoxy) is 1. The Morgan fingerprint density at radius 2 is 2.09 bits per heavy atom. The first-order chi connectivity index (χ1) is 16.6. The predicted octanol–water partition coefficient (Wildman–Crippen LogP) is 5.59. The fraction of sp³-hybridized carbons (Fsp3) is 0.370. The normalized spacial score (nSPS) is 16.1. The molecular weight excluding hydrogens is 578 g/mol. The first-order valence-corrected chi connectivity index (χ1v) is 13.9. The van der Waals surface area contributed by atoms with Crippen LogP contribution in [0.2, 0.25) is 0 Å². The van der Waals surface area contributed by atoms with Crippen LogP contribution in [0.5, 0.6) is 5.75 Å². The summed E-state index contributed by atoms with van der Waals surface area (Å²) in [4.78, 5) is 4.59. The van der Waals surface area contributed by atoms with Crippen LogP contribution in [-0.4, -0.2) is 29.2 Å². The van der Waals surface area contributed by atoms with Crippen LogP contribution in [0.15, 0.2) is 43.9 Å². The number of hydrogen-bond donors (Lipinski definition) is 1. The van der Waals surface area contributed by atoms with Gasteiger partial charge < -0.3 is 14.6 Å². The molecule has 0 unspecified atom stereocenters. The SMILES string of the molecule is CCC1=C(Cl)C=c2c3c(n(CCOc4c(Br)cc(Br)c5cccnc45)c2=CC1)CCCNCC3. The third-order valence-electron chi connectivity index (χ3n) is 6.77. The number of fused-ring (bicyclic) bond motifs is 4. The Morgan fingerprint density at radius 1 is 1.21 bits per heavy atom. The van der Waals surface area contributed by atoms with Gasteiger partial charge in [-0.2, -0.15) is 0 Å². The molecule has 0 saturated heterocycles. The monoisotopic (exact) mass is 603 g/mol. The molecule has 1 aliphatic heterocycles. The van der Waals surface area contributed by atoms with E-state index in [0.717, 1.165) is 82.4 Å². The summed E-state index contributed by atoms with van der Waals surface area (Å²) in [5.74, 6) is 0.789. The molecule has 34 heavy (non-hydrogen) atoms. The average Bonchev–Trinajstić information content (AvgIpc) is 2.95. The second kappa shape index (κ2) is 10.6. The molecule has 7 heteroatoms. The lowest BCUT2D eigenvalue weighted by atomic mass is 10.0. The summed E-state index contributed by atoms with van der Waals surface area (Å²) < 4.78 is 10.8. The minimum atomic E-state index is 0.563. The van der Waals surface area contributed by atoms with E-state index >= 15 is 0 Å². The van der Waals surface area contributed by atoms with Crippen molar-refractivity contribution in [3.05, 3.63) is 65.8 Å². The molecule has 1 N–H and O–H groups in total. The smallest absolute Gasteiger partial charge is 0.159 e. The second-order valence-corrected chi connectivity index (χ2v) is 10.9. The summed E-state index contributed by atoms with van der Waals surface area (Å²) in [6.45, 7) is 5.58. The first-order valence-electron chi connectivity index (χ1n) is 11.9. The van der Waals surface area contributed by atoms with Crippen molar-refractivity contribution < 1.29 is 4.74 Å². The van der Waals surface area contributed by atoms with Crippen molar-refractivity contribution in [2.75, 3.05) is 19.7 Å². The van der Waals surface area contributed by atoms with E-state index < -0.39 is 0 Å². The van der Waals surface area contributed by atoms with E-state index in [0.29, 0.717) is 6.61 Å². The third kappa shape index (κ3) is 4.62. The summed E-state index contributed by atoms with van der Waals surface area (Å²) in [6.07, 6.45) is 11.5. The van der Waals surface area contributed by atoms with Crippen LogP contribution in [0.3, 0.4) is 0 Å². The molecule has 0 amide bonds. The van der Waals surface area contributed by atoms with Crippen LogP contribution in [0.4, 0.5) is 0 Å². The lowest BCUT2D eigenvalue weighted by molar-refractivity contribution is 0.296. The van der Waals surface area contributed by atoms with Gasteiger partial charge in [-0.25, -0.2) is 0 Å². The first kappa shape index (κ1) is 24.1. The molecule has 0 bridgehead atoms. The van der Waals surface area contributed by atoms with E-state index in [1.807, 2.05) is 18.3 Å². The summed E-state index contributed by atoms with van der Waals surface area (Å²) in [5.41, 5.74) is 5.03. The maximum atomic E-state index is 6.75. The Kier molecular flexibility index (Phi) is 7.49. The highest BCUT2D eigenvalue weighted by Gasteiger charge is 2.19. The van der Waals surface area contributed by atoms with Crippen LogP contribution in [0, 0.1) is 0 Å². The number of pyridine rings is 1. The fourth-order valence-corrected chi connectivity index (χ4v) is 6.77. The lowest BCUT2D eigenvalue weighted by Gasteiger charge is -2.17. The summed E-state index contributed by atoms with van der Waals surface area (Å²) in [6, 6.07) is 6.04. The van der Waals surface area contributed by atoms with Crippen molar-refractivity contribution in [1.82, 2.24) is 14.9 Å². The van der Waals surface area contributed by atoms with Gasteiger partial charge in [0.25, 0.3) is 0 Å². The number of rotatable bonds is 5. The molecule has 5 rings (SSSR count). The third-order valence-corrected chi connectivity index (χ3v) is 8.40. The number of aromatic nitrogens is 2. The zero-order valence-electron chi connectivity index (χ0n) is 19.3. The van der Waals surface area contributed by atoms with Gasteiger partial charge in [0.1, 0.15) is 12.1 Å². The minimum absolute atomic E-state index is 0.563. The molecule has 1 aliphatic carbocycles. The number of hydrogen-bond acceptors (Lipinski definition) is 3. The van der Waals surface area contributed by atoms with Crippen molar-refractivity contribution in [3.8, 4) is 5.75 Å². The summed E-state index contributed by atoms with van der Waals surface area (Å²) in [5, 5.41) is 8.09. The molecule has 3 heterocycles. The van der Waals surface area contributed by atoms with E-state index in [-0.39, 0.29) is 0 Å². The topological polar surface area (TPSA) is 39.1 Å². The molecular formula is C27H28Br2ClN3O. The number of nitrogens with zero attached hydrogens (tertiary/aromatic N) is 2. The van der Waals surface area contributed by atoms with E-state index in [9.17, 15) is 0 Å². The van der Waals surface area contributed by atoms with Crippen molar-refractivity contribution in [2.24, 2.45) is 0 Å². The van der Waals surface area contributed by atoms with Gasteiger partial charge in [-0.05, 0) is 90.5 Å². The molecule has 2 aromatic heterocycles. The molecule has 178 valence electrons. The van der Waals surface area contributed by atoms with Gasteiger partial charge >= 0.3 is 0 Å². The van der Waals surface area contributed by atoms with Crippen LogP contribution >= 0.6 is 43.5 Å². The van der Waals surface area contributed by atoms with Gasteiger partial charge in [-0.1, -0.05) is 46.6 Å². The Hall–Kier alpha value is -1.60. The van der Waals surface area contributed by atoms with Crippen molar-refractivity contribution >= 4 is 66.5 Å². The molecule has 1 aromatic carbocycles. The van der Waals surface area contributed by atoms with Gasteiger partial charge in [-0.3, -0.25) is 4.98 Å². The van der Waals surface area contributed by atoms with E-state index in [1.165, 1.54) is 27.4 Å². The Labute approximate surface area is 222 Å². The Bertz CT molecular complexity index is 1390. The number of benzene rings is 1. The lowest BCUT2D eigenvalue weighted by Crippen LogP contribution is -2.32. The average molecular weight is 606 g/mol. The number of halogens is 3. The molecule has 0 spiro atoms. The second-order valence-electron chi connectivity index (χ2n) is 8.75. The molecule has 4 nitrogen and oxygen atoms in total. The molecule has 0 radical (unpaired) electrons. The van der Waals surface area contributed by atoms with Gasteiger partial charge in [-0.15, -0.1) is 0 Å². The molecule has 0 atom stereocenters. The quantitative estimate of drug-likeness (QED) is 0.413. The van der Waals surface area contributed by atoms with Gasteiger partial charge in [0.15, 0.2) is 5.75 Å². The van der Waals surface area contributed by atoms with Crippen LogP contribution in [-0.2, 0) is 19.4 Å². The van der Waals surface area contributed by atoms with Crippen molar-refractivity contribution in [3.63, 3.8) is 0 Å². The van der Waals surface area contributed by atoms with E-state index in [2.05, 4.69) is 71.9 Å². The predicted molar refractivity (Wildman–Crippen MR) is 148 cm³/mol. The van der Waals surface area contributed by atoms with Crippen LogP contribution in [0.25, 0.3) is 23.1 Å². The maximum Gasteiger partial charge on any atom is 0.159 e. The zero-order valence-corrected chi connectivity index (χ0v) is 23.2.